The fourth-order valence-corrected chi connectivity index (χ4v) is 3.80. The third kappa shape index (κ3) is 4.11. The third-order valence-corrected chi connectivity index (χ3v) is 5.17. The molecule has 2 N–H and O–H groups in total. The van der Waals surface area contributed by atoms with Gasteiger partial charge >= 0.3 is 6.09 Å². The normalized spacial score (nSPS) is 16.6. The van der Waals surface area contributed by atoms with Gasteiger partial charge in [0.1, 0.15) is 12.1 Å². The van der Waals surface area contributed by atoms with E-state index in [4.69, 9.17) is 4.74 Å². The number of carboxylic acid groups (broad SMARTS) is 1. The number of hydrogen-bond donors (Lipinski definition) is 2. The van der Waals surface area contributed by atoms with Crippen LogP contribution >= 0.6 is 0 Å². The van der Waals surface area contributed by atoms with Crippen LogP contribution in [0.1, 0.15) is 25.5 Å². The van der Waals surface area contributed by atoms with Crippen LogP contribution in [0, 0.1) is 0 Å². The summed E-state index contributed by atoms with van der Waals surface area (Å²) < 4.78 is 7.02. The Morgan fingerprint density at radius 2 is 2.13 bits per heavy atom. The highest BCUT2D eigenvalue weighted by atomic mass is 16.5. The van der Waals surface area contributed by atoms with Crippen LogP contribution in [-0.2, 0) is 11.3 Å². The minimum Gasteiger partial charge on any atom is -0.464 e. The van der Waals surface area contributed by atoms with E-state index >= 15 is 0 Å². The van der Waals surface area contributed by atoms with Crippen LogP contribution in [-0.4, -0.2) is 55.7 Å². The lowest BCUT2D eigenvalue weighted by Crippen LogP contribution is -2.42. The average Bonchev–Trinajstić information content (AvgIpc) is 3.35. The lowest BCUT2D eigenvalue weighted by atomic mass is 10.2. The predicted molar refractivity (Wildman–Crippen MR) is 110 cm³/mol. The molecule has 0 spiro atoms. The van der Waals surface area contributed by atoms with E-state index < -0.39 is 6.09 Å². The third-order valence-electron chi connectivity index (χ3n) is 5.17. The smallest absolute Gasteiger partial charge is 0.415 e. The largest absolute Gasteiger partial charge is 0.464 e. The van der Waals surface area contributed by atoms with Crippen LogP contribution in [0.25, 0.3) is 10.9 Å². The van der Waals surface area contributed by atoms with Gasteiger partial charge < -0.3 is 15.2 Å². The van der Waals surface area contributed by atoms with E-state index in [9.17, 15) is 14.7 Å². The molecular weight excluding hydrogens is 386 g/mol. The number of benzene rings is 1. The molecule has 1 fully saturated rings. The van der Waals surface area contributed by atoms with Crippen molar-refractivity contribution in [1.29, 1.82) is 0 Å². The maximum absolute atomic E-state index is 12.3. The Labute approximate surface area is 173 Å². The molecule has 3 heterocycles. The van der Waals surface area contributed by atoms with E-state index in [0.29, 0.717) is 30.2 Å². The second-order valence-electron chi connectivity index (χ2n) is 7.16. The molecule has 30 heavy (non-hydrogen) atoms. The van der Waals surface area contributed by atoms with Crippen molar-refractivity contribution < 1.29 is 19.4 Å². The molecule has 0 saturated carbocycles. The van der Waals surface area contributed by atoms with Crippen LogP contribution in [0.5, 0.6) is 11.6 Å². The van der Waals surface area contributed by atoms with Gasteiger partial charge in [-0.15, -0.1) is 0 Å². The van der Waals surface area contributed by atoms with Gasteiger partial charge in [-0.3, -0.25) is 14.3 Å². The van der Waals surface area contributed by atoms with Crippen molar-refractivity contribution in [2.75, 3.05) is 13.1 Å². The monoisotopic (exact) mass is 409 g/mol. The number of hydrogen-bond acceptors (Lipinski definition) is 6. The van der Waals surface area contributed by atoms with Crippen molar-refractivity contribution in [1.82, 2.24) is 24.8 Å². The van der Waals surface area contributed by atoms with Crippen molar-refractivity contribution in [3.63, 3.8) is 0 Å². The predicted octanol–water partition coefficient (Wildman–Crippen LogP) is 2.85. The second-order valence-corrected chi connectivity index (χ2v) is 7.16. The lowest BCUT2D eigenvalue weighted by Gasteiger charge is -2.23. The molecule has 1 saturated heterocycles. The molecule has 9 heteroatoms. The van der Waals surface area contributed by atoms with Crippen LogP contribution in [0.3, 0.4) is 0 Å². The summed E-state index contributed by atoms with van der Waals surface area (Å²) >= 11 is 0. The Morgan fingerprint density at radius 1 is 1.27 bits per heavy atom. The fourth-order valence-electron chi connectivity index (χ4n) is 3.80. The van der Waals surface area contributed by atoms with Crippen molar-refractivity contribution >= 4 is 22.9 Å². The zero-order chi connectivity index (χ0) is 21.1. The summed E-state index contributed by atoms with van der Waals surface area (Å²) in [6.45, 7) is 3.93. The molecule has 2 aromatic heterocycles. The summed E-state index contributed by atoms with van der Waals surface area (Å²) in [5.74, 6) is 1.00. The van der Waals surface area contributed by atoms with E-state index in [-0.39, 0.29) is 11.9 Å². The average molecular weight is 409 g/mol. The van der Waals surface area contributed by atoms with Gasteiger partial charge in [-0.05, 0) is 50.6 Å². The number of likely N-dealkylation sites (N-methyl/N-ethyl adjacent to an activating group) is 1. The Bertz CT molecular complexity index is 1080. The Balaban J connectivity index is 1.48. The molecule has 156 valence electrons. The number of nitrogens with one attached hydrogen (secondary N) is 1. The number of nitrogens with zero attached hydrogens (tertiary/aromatic N) is 4. The molecule has 0 unspecified atom stereocenters. The molecule has 1 aliphatic heterocycles. The highest BCUT2D eigenvalue weighted by molar-refractivity contribution is 5.89. The van der Waals surface area contributed by atoms with Crippen LogP contribution < -0.4 is 10.1 Å². The fraction of sp³-hybridized carbons (Fsp3) is 0.333. The van der Waals surface area contributed by atoms with E-state index in [1.165, 1.54) is 12.5 Å². The van der Waals surface area contributed by atoms with Crippen molar-refractivity contribution in [2.45, 2.75) is 32.4 Å². The first-order chi connectivity index (χ1) is 14.5. The van der Waals surface area contributed by atoms with Crippen molar-refractivity contribution in [3.8, 4) is 11.6 Å². The first kappa shape index (κ1) is 19.8. The lowest BCUT2D eigenvalue weighted by molar-refractivity contribution is -0.125. The van der Waals surface area contributed by atoms with Gasteiger partial charge in [-0.25, -0.2) is 14.8 Å². The summed E-state index contributed by atoms with van der Waals surface area (Å²) in [7, 11) is 0. The molecule has 9 nitrogen and oxygen atoms in total. The number of likely N-dealkylation sites (tertiary alicyclic amines) is 1. The Kier molecular flexibility index (Phi) is 5.62. The number of aromatic nitrogens is 3. The zero-order valence-electron chi connectivity index (χ0n) is 16.6. The summed E-state index contributed by atoms with van der Waals surface area (Å²) in [6, 6.07) is 8.51. The number of rotatable bonds is 6. The van der Waals surface area contributed by atoms with Gasteiger partial charge in [-0.2, -0.15) is 0 Å². The molecule has 1 aliphatic rings. The van der Waals surface area contributed by atoms with Gasteiger partial charge in [0.25, 0.3) is 0 Å². The minimum absolute atomic E-state index is 0.0575. The van der Waals surface area contributed by atoms with Crippen LogP contribution in [0.2, 0.25) is 0 Å². The Hall–Kier alpha value is -3.46. The number of carbonyl (C=O) groups excluding carboxylic acids is 1. The molecule has 1 amide bonds. The quantitative estimate of drug-likeness (QED) is 0.644. The minimum atomic E-state index is -1.04. The molecule has 1 atom stereocenters. The summed E-state index contributed by atoms with van der Waals surface area (Å²) in [5, 5.41) is 12.8. The second kappa shape index (κ2) is 8.50. The number of ether oxygens (including phenoxy) is 1. The number of fused-ring (bicyclic) bond motifs is 1. The highest BCUT2D eigenvalue weighted by Gasteiger charge is 2.30. The van der Waals surface area contributed by atoms with E-state index in [1.54, 1.807) is 30.3 Å². The van der Waals surface area contributed by atoms with Crippen LogP contribution in [0.4, 0.5) is 4.79 Å². The topological polar surface area (TPSA) is 110 Å². The van der Waals surface area contributed by atoms with E-state index in [1.807, 2.05) is 6.92 Å². The molecule has 3 aromatic rings. The van der Waals surface area contributed by atoms with E-state index in [0.717, 1.165) is 35.0 Å². The maximum atomic E-state index is 12.3. The number of carbonyl (C=O) groups is 2. The maximum Gasteiger partial charge on any atom is 0.415 e. The molecule has 0 radical (unpaired) electrons. The zero-order valence-corrected chi connectivity index (χ0v) is 16.6. The molecule has 1 aromatic carbocycles. The molecular formula is C21H23N5O4. The first-order valence-electron chi connectivity index (χ1n) is 9.90. The van der Waals surface area contributed by atoms with Crippen LogP contribution in [0.15, 0.2) is 42.9 Å². The van der Waals surface area contributed by atoms with Gasteiger partial charge in [0.15, 0.2) is 0 Å². The molecule has 0 bridgehead atoms. The highest BCUT2D eigenvalue weighted by Crippen LogP contribution is 2.26. The van der Waals surface area contributed by atoms with Crippen molar-refractivity contribution in [3.05, 3.63) is 48.5 Å². The van der Waals surface area contributed by atoms with Gasteiger partial charge in [-0.1, -0.05) is 0 Å². The van der Waals surface area contributed by atoms with E-state index in [2.05, 4.69) is 20.2 Å². The van der Waals surface area contributed by atoms with Crippen molar-refractivity contribution in [2.24, 2.45) is 0 Å². The van der Waals surface area contributed by atoms with Gasteiger partial charge in [0.05, 0.1) is 17.3 Å². The summed E-state index contributed by atoms with van der Waals surface area (Å²) in [4.78, 5) is 34.1. The van der Waals surface area contributed by atoms with Gasteiger partial charge in [0, 0.05) is 30.7 Å². The summed E-state index contributed by atoms with van der Waals surface area (Å²) in [5.41, 5.74) is 1.36. The van der Waals surface area contributed by atoms with Gasteiger partial charge in [0.2, 0.25) is 11.8 Å². The molecule has 0 aliphatic carbocycles. The number of amides is 1. The first-order valence-corrected chi connectivity index (χ1v) is 9.90. The Morgan fingerprint density at radius 3 is 2.93 bits per heavy atom. The SMILES string of the molecule is CCNC(=O)[C@@H]1CCCN1Cc1cc(Oc2ccc3c(ccn3C(=O)O)c2)ncn1. The standard InChI is InChI=1S/C21H23N5O4/c1-2-22-20(27)18-4-3-8-25(18)12-15-11-19(24-13-23-15)30-16-5-6-17-14(10-16)7-9-26(17)21(28)29/h5-7,9-11,13,18H,2-4,8,12H2,1H3,(H,22,27)(H,28,29)/t18-/m0/s1. The summed E-state index contributed by atoms with van der Waals surface area (Å²) in [6.07, 6.45) is 3.73. The molecule has 4 rings (SSSR count).